The summed E-state index contributed by atoms with van der Waals surface area (Å²) in [6, 6.07) is 3.72. The quantitative estimate of drug-likeness (QED) is 0.377. The molecule has 0 saturated heterocycles. The van der Waals surface area contributed by atoms with E-state index in [0.29, 0.717) is 31.1 Å². The van der Waals surface area contributed by atoms with Crippen LogP contribution in [0.5, 0.6) is 0 Å². The molecule has 0 spiro atoms. The number of nitrogens with zero attached hydrogens (tertiary/aromatic N) is 1. The van der Waals surface area contributed by atoms with Gasteiger partial charge in [0.2, 0.25) is 5.91 Å². The number of esters is 1. The van der Waals surface area contributed by atoms with Crippen LogP contribution in [0.3, 0.4) is 0 Å². The van der Waals surface area contributed by atoms with Crippen LogP contribution >= 0.6 is 11.6 Å². The number of benzene rings is 1. The van der Waals surface area contributed by atoms with E-state index in [4.69, 9.17) is 16.3 Å². The van der Waals surface area contributed by atoms with Crippen LogP contribution in [-0.2, 0) is 19.1 Å². The van der Waals surface area contributed by atoms with Crippen LogP contribution < -0.4 is 10.6 Å². The lowest BCUT2D eigenvalue weighted by Gasteiger charge is -2.60. The van der Waals surface area contributed by atoms with Gasteiger partial charge in [0, 0.05) is 24.6 Å². The number of nitro groups is 1. The second-order valence-corrected chi connectivity index (χ2v) is 10.1. The summed E-state index contributed by atoms with van der Waals surface area (Å²) in [6.45, 7) is 2.96. The van der Waals surface area contributed by atoms with Crippen molar-refractivity contribution in [2.24, 2.45) is 17.3 Å². The Balaban J connectivity index is 1.46. The normalized spacial score (nSPS) is 31.0. The molecule has 0 aliphatic heterocycles. The van der Waals surface area contributed by atoms with Gasteiger partial charge in [0.15, 0.2) is 6.10 Å². The van der Waals surface area contributed by atoms with Gasteiger partial charge < -0.3 is 15.4 Å². The summed E-state index contributed by atoms with van der Waals surface area (Å²) in [5.74, 6) is -0.444. The van der Waals surface area contributed by atoms with E-state index >= 15 is 0 Å². The predicted octanol–water partition coefficient (Wildman–Crippen LogP) is 3.59. The molecule has 2 amide bonds. The highest BCUT2D eigenvalue weighted by atomic mass is 35.5. The Hall–Kier alpha value is -2.68. The molecule has 5 rings (SSSR count). The Labute approximate surface area is 190 Å². The van der Waals surface area contributed by atoms with Crippen molar-refractivity contribution in [1.29, 1.82) is 0 Å². The fourth-order valence-corrected chi connectivity index (χ4v) is 6.48. The van der Waals surface area contributed by atoms with E-state index in [1.54, 1.807) is 0 Å². The van der Waals surface area contributed by atoms with Crippen molar-refractivity contribution in [3.8, 4) is 0 Å². The van der Waals surface area contributed by atoms with Crippen LogP contribution in [0.25, 0.3) is 0 Å². The number of amides is 2. The Bertz CT molecular complexity index is 982. The average molecular weight is 464 g/mol. The fourth-order valence-electron chi connectivity index (χ4n) is 6.32. The Morgan fingerprint density at radius 2 is 1.88 bits per heavy atom. The first-order valence-corrected chi connectivity index (χ1v) is 11.1. The lowest BCUT2D eigenvalue weighted by molar-refractivity contribution is -0.384. The Morgan fingerprint density at radius 3 is 2.47 bits per heavy atom. The van der Waals surface area contributed by atoms with E-state index < -0.39 is 28.3 Å². The molecule has 3 unspecified atom stereocenters. The molecule has 4 saturated carbocycles. The maximum Gasteiger partial charge on any atom is 0.312 e. The number of carbonyl (C=O) groups is 3. The highest BCUT2D eigenvalue weighted by molar-refractivity contribution is 6.33. The first-order valence-electron chi connectivity index (χ1n) is 10.8. The second-order valence-electron chi connectivity index (χ2n) is 9.66. The molecule has 4 bridgehead atoms. The van der Waals surface area contributed by atoms with Gasteiger partial charge in [-0.15, -0.1) is 0 Å². The lowest BCUT2D eigenvalue weighted by Crippen LogP contribution is -2.65. The molecule has 4 fully saturated rings. The molecule has 32 heavy (non-hydrogen) atoms. The second kappa shape index (κ2) is 8.03. The summed E-state index contributed by atoms with van der Waals surface area (Å²) in [7, 11) is 0. The van der Waals surface area contributed by atoms with Gasteiger partial charge in [-0.1, -0.05) is 11.6 Å². The summed E-state index contributed by atoms with van der Waals surface area (Å²) >= 11 is 6.04. The van der Waals surface area contributed by atoms with Crippen LogP contribution in [0.15, 0.2) is 18.2 Å². The monoisotopic (exact) mass is 463 g/mol. The first kappa shape index (κ1) is 22.5. The molecule has 2 N–H and O–H groups in total. The number of carbonyl (C=O) groups excluding carboxylic acids is 3. The van der Waals surface area contributed by atoms with Gasteiger partial charge in [0.05, 0.1) is 21.0 Å². The van der Waals surface area contributed by atoms with Crippen molar-refractivity contribution in [3.05, 3.63) is 33.3 Å². The molecule has 1 aromatic carbocycles. The maximum atomic E-state index is 13.3. The van der Waals surface area contributed by atoms with E-state index in [2.05, 4.69) is 10.6 Å². The minimum Gasteiger partial charge on any atom is -0.452 e. The molecule has 9 nitrogen and oxygen atoms in total. The van der Waals surface area contributed by atoms with Crippen molar-refractivity contribution in [2.75, 3.05) is 5.32 Å². The van der Waals surface area contributed by atoms with Crippen molar-refractivity contribution in [2.45, 2.75) is 64.0 Å². The highest BCUT2D eigenvalue weighted by Crippen LogP contribution is 2.62. The average Bonchev–Trinajstić information content (AvgIpc) is 2.67. The van der Waals surface area contributed by atoms with Crippen LogP contribution in [0.1, 0.15) is 52.4 Å². The molecule has 0 heterocycles. The largest absolute Gasteiger partial charge is 0.452 e. The number of ether oxygens (including phenoxy) is 1. The zero-order valence-corrected chi connectivity index (χ0v) is 18.7. The minimum absolute atomic E-state index is 0.0770. The first-order chi connectivity index (χ1) is 15.0. The predicted molar refractivity (Wildman–Crippen MR) is 116 cm³/mol. The third-order valence-corrected chi connectivity index (χ3v) is 7.34. The van der Waals surface area contributed by atoms with Crippen LogP contribution in [0.4, 0.5) is 11.4 Å². The summed E-state index contributed by atoms with van der Waals surface area (Å²) in [6.07, 6.45) is 3.62. The summed E-state index contributed by atoms with van der Waals surface area (Å²) in [5.41, 5.74) is -1.22. The highest BCUT2D eigenvalue weighted by Gasteiger charge is 2.61. The number of halogens is 1. The summed E-state index contributed by atoms with van der Waals surface area (Å²) in [5, 5.41) is 16.7. The SMILES string of the molecule is CC(=O)NC12CC3CC(C1)CC(C(=O)OC(C)C(=O)Nc1cc([N+](=O)[O-])ccc1Cl)(C3)C2. The summed E-state index contributed by atoms with van der Waals surface area (Å²) < 4.78 is 5.60. The third-order valence-electron chi connectivity index (χ3n) is 7.01. The Morgan fingerprint density at radius 1 is 1.22 bits per heavy atom. The molecule has 172 valence electrons. The molecule has 3 atom stereocenters. The smallest absolute Gasteiger partial charge is 0.312 e. The van der Waals surface area contributed by atoms with Gasteiger partial charge in [-0.25, -0.2) is 0 Å². The number of nitro benzene ring substituents is 1. The standard InChI is InChI=1S/C22H26ClN3O6/c1-12(19(28)24-18-6-16(26(30)31)3-4-17(18)23)32-20(29)21-7-14-5-15(8-21)10-22(9-14,11-21)25-13(2)27/h3-4,6,12,14-15H,5,7-11H2,1-2H3,(H,24,28)(H,25,27). The van der Waals surface area contributed by atoms with E-state index in [1.165, 1.54) is 26.0 Å². The third kappa shape index (κ3) is 4.18. The van der Waals surface area contributed by atoms with Crippen LogP contribution in [0.2, 0.25) is 5.02 Å². The number of hydrogen-bond donors (Lipinski definition) is 2. The van der Waals surface area contributed by atoms with Gasteiger partial charge in [-0.05, 0) is 63.4 Å². The number of hydrogen-bond acceptors (Lipinski definition) is 6. The van der Waals surface area contributed by atoms with Crippen LogP contribution in [-0.4, -0.2) is 34.3 Å². The molecule has 0 aromatic heterocycles. The van der Waals surface area contributed by atoms with Crippen molar-refractivity contribution < 1.29 is 24.0 Å². The van der Waals surface area contributed by atoms with Crippen LogP contribution in [0, 0.1) is 27.4 Å². The lowest BCUT2D eigenvalue weighted by atomic mass is 9.47. The van der Waals surface area contributed by atoms with Crippen molar-refractivity contribution in [3.63, 3.8) is 0 Å². The van der Waals surface area contributed by atoms with E-state index in [9.17, 15) is 24.5 Å². The molecular weight excluding hydrogens is 438 g/mol. The zero-order chi connectivity index (χ0) is 23.3. The van der Waals surface area contributed by atoms with E-state index in [-0.39, 0.29) is 27.8 Å². The van der Waals surface area contributed by atoms with Gasteiger partial charge in [-0.2, -0.15) is 0 Å². The summed E-state index contributed by atoms with van der Waals surface area (Å²) in [4.78, 5) is 48.1. The van der Waals surface area contributed by atoms with Gasteiger partial charge >= 0.3 is 5.97 Å². The molecular formula is C22H26ClN3O6. The number of non-ortho nitro benzene ring substituents is 1. The molecule has 0 radical (unpaired) electrons. The molecule has 1 aromatic rings. The number of nitrogens with one attached hydrogen (secondary N) is 2. The number of anilines is 1. The zero-order valence-electron chi connectivity index (χ0n) is 18.0. The van der Waals surface area contributed by atoms with E-state index in [1.807, 2.05) is 0 Å². The topological polar surface area (TPSA) is 128 Å². The minimum atomic E-state index is -1.11. The molecule has 4 aliphatic rings. The van der Waals surface area contributed by atoms with Gasteiger partial charge in [0.25, 0.3) is 11.6 Å². The van der Waals surface area contributed by atoms with Crippen molar-refractivity contribution in [1.82, 2.24) is 5.32 Å². The fraction of sp³-hybridized carbons (Fsp3) is 0.591. The number of rotatable bonds is 6. The van der Waals surface area contributed by atoms with Gasteiger partial charge in [0.1, 0.15) is 0 Å². The van der Waals surface area contributed by atoms with Gasteiger partial charge in [-0.3, -0.25) is 24.5 Å². The van der Waals surface area contributed by atoms with Crippen molar-refractivity contribution >= 4 is 40.8 Å². The molecule has 10 heteroatoms. The maximum absolute atomic E-state index is 13.3. The Kier molecular flexibility index (Phi) is 5.65. The molecule has 4 aliphatic carbocycles. The van der Waals surface area contributed by atoms with E-state index in [0.717, 1.165) is 25.3 Å².